The molecule has 3 aliphatic rings. The summed E-state index contributed by atoms with van der Waals surface area (Å²) in [5.74, 6) is 0. The molecule has 0 saturated carbocycles. The zero-order valence-corrected chi connectivity index (χ0v) is 5.92. The summed E-state index contributed by atoms with van der Waals surface area (Å²) >= 11 is 0. The summed E-state index contributed by atoms with van der Waals surface area (Å²) in [5, 5.41) is 3.33. The van der Waals surface area contributed by atoms with Crippen LogP contribution in [-0.4, -0.2) is 42.9 Å². The van der Waals surface area contributed by atoms with Crippen molar-refractivity contribution < 1.29 is 4.74 Å². The van der Waals surface area contributed by atoms with Crippen LogP contribution in [0.2, 0.25) is 0 Å². The molecule has 3 heterocycles. The number of rotatable bonds is 1. The van der Waals surface area contributed by atoms with Gasteiger partial charge in [-0.15, -0.1) is 0 Å². The van der Waals surface area contributed by atoms with E-state index in [4.69, 9.17) is 4.74 Å². The molecule has 3 atom stereocenters. The number of hydrogen-bond acceptors (Lipinski definition) is 3. The number of nitrogens with zero attached hydrogens (tertiary/aromatic N) is 1. The molecule has 0 aromatic carbocycles. The molecule has 3 unspecified atom stereocenters. The molecule has 2 bridgehead atoms. The van der Waals surface area contributed by atoms with Gasteiger partial charge in [0.1, 0.15) is 0 Å². The Morgan fingerprint density at radius 3 is 2.90 bits per heavy atom. The fraction of sp³-hybridized carbons (Fsp3) is 1.00. The van der Waals surface area contributed by atoms with Crippen molar-refractivity contribution in [1.82, 2.24) is 10.2 Å². The highest BCUT2D eigenvalue weighted by molar-refractivity contribution is 4.98. The highest BCUT2D eigenvalue weighted by Crippen LogP contribution is 2.30. The molecule has 0 aromatic heterocycles. The second kappa shape index (κ2) is 1.72. The van der Waals surface area contributed by atoms with Crippen molar-refractivity contribution in [3.63, 3.8) is 0 Å². The van der Waals surface area contributed by atoms with Crippen LogP contribution in [0.25, 0.3) is 0 Å². The van der Waals surface area contributed by atoms with Crippen LogP contribution in [0.5, 0.6) is 0 Å². The van der Waals surface area contributed by atoms with Crippen LogP contribution in [0.4, 0.5) is 0 Å². The Morgan fingerprint density at radius 1 is 1.50 bits per heavy atom. The molecule has 56 valence electrons. The first-order chi connectivity index (χ1) is 4.93. The van der Waals surface area contributed by atoms with Crippen molar-refractivity contribution in [1.29, 1.82) is 0 Å². The van der Waals surface area contributed by atoms with E-state index in [1.54, 1.807) is 0 Å². The summed E-state index contributed by atoms with van der Waals surface area (Å²) in [6, 6.07) is 0.741. The summed E-state index contributed by atoms with van der Waals surface area (Å²) in [6.07, 6.45) is 2.55. The fourth-order valence-electron chi connectivity index (χ4n) is 2.10. The average Bonchev–Trinajstić information content (AvgIpc) is 2.60. The second-order valence-corrected chi connectivity index (χ2v) is 3.47. The lowest BCUT2D eigenvalue weighted by atomic mass is 10.2. The highest BCUT2D eigenvalue weighted by atomic mass is 16.5. The molecule has 0 aromatic rings. The predicted octanol–water partition coefficient (Wildman–Crippen LogP) is -0.611. The van der Waals surface area contributed by atoms with Crippen LogP contribution in [0.3, 0.4) is 0 Å². The van der Waals surface area contributed by atoms with E-state index in [0.29, 0.717) is 12.3 Å². The Bertz CT molecular complexity index is 158. The van der Waals surface area contributed by atoms with Gasteiger partial charge in [-0.2, -0.15) is 0 Å². The SMILES string of the molecule is C1OC2CC1N(C1CN1)C2. The summed E-state index contributed by atoms with van der Waals surface area (Å²) in [7, 11) is 0. The molecule has 3 fully saturated rings. The summed E-state index contributed by atoms with van der Waals surface area (Å²) in [5.41, 5.74) is 0. The van der Waals surface area contributed by atoms with Crippen LogP contribution in [0.15, 0.2) is 0 Å². The van der Waals surface area contributed by atoms with E-state index in [1.165, 1.54) is 19.5 Å². The van der Waals surface area contributed by atoms with Crippen molar-refractivity contribution in [3.8, 4) is 0 Å². The van der Waals surface area contributed by atoms with E-state index in [0.717, 1.165) is 12.6 Å². The van der Waals surface area contributed by atoms with E-state index in [1.807, 2.05) is 0 Å². The lowest BCUT2D eigenvalue weighted by Gasteiger charge is -2.25. The molecular weight excluding hydrogens is 128 g/mol. The van der Waals surface area contributed by atoms with Crippen molar-refractivity contribution >= 4 is 0 Å². The molecular formula is C7H12N2O. The minimum atomic E-state index is 0.562. The first-order valence-electron chi connectivity index (χ1n) is 4.04. The standard InChI is InChI=1S/C7H12N2O/c1-5-4-10-6(1)3-9(5)7-2-8-7/h5-8H,1-4H2. The third kappa shape index (κ3) is 0.654. The van der Waals surface area contributed by atoms with Gasteiger partial charge in [0.05, 0.1) is 18.9 Å². The van der Waals surface area contributed by atoms with Crippen LogP contribution >= 0.6 is 0 Å². The summed E-state index contributed by atoms with van der Waals surface area (Å²) in [4.78, 5) is 2.55. The van der Waals surface area contributed by atoms with Gasteiger partial charge < -0.3 is 4.74 Å². The van der Waals surface area contributed by atoms with Crippen LogP contribution in [-0.2, 0) is 4.74 Å². The maximum atomic E-state index is 5.49. The van der Waals surface area contributed by atoms with Crippen LogP contribution in [0.1, 0.15) is 6.42 Å². The Morgan fingerprint density at radius 2 is 2.40 bits per heavy atom. The van der Waals surface area contributed by atoms with E-state index in [-0.39, 0.29) is 0 Å². The van der Waals surface area contributed by atoms with E-state index >= 15 is 0 Å². The third-order valence-corrected chi connectivity index (χ3v) is 2.73. The minimum Gasteiger partial charge on any atom is -0.375 e. The number of nitrogens with one attached hydrogen (secondary N) is 1. The molecule has 10 heavy (non-hydrogen) atoms. The summed E-state index contributed by atoms with van der Waals surface area (Å²) < 4.78 is 5.49. The Labute approximate surface area is 60.3 Å². The molecule has 0 spiro atoms. The number of hydrogen-bond donors (Lipinski definition) is 1. The molecule has 3 nitrogen and oxygen atoms in total. The van der Waals surface area contributed by atoms with Gasteiger partial charge in [-0.1, -0.05) is 0 Å². The molecule has 0 amide bonds. The number of ether oxygens (including phenoxy) is 1. The van der Waals surface area contributed by atoms with Crippen molar-refractivity contribution in [2.45, 2.75) is 24.7 Å². The maximum Gasteiger partial charge on any atom is 0.0731 e. The third-order valence-electron chi connectivity index (χ3n) is 2.73. The number of likely N-dealkylation sites (tertiary alicyclic amines) is 1. The average molecular weight is 140 g/mol. The van der Waals surface area contributed by atoms with E-state index < -0.39 is 0 Å². The quantitative estimate of drug-likeness (QED) is 0.493. The smallest absolute Gasteiger partial charge is 0.0731 e. The number of fused-ring (bicyclic) bond motifs is 2. The minimum absolute atomic E-state index is 0.562. The van der Waals surface area contributed by atoms with Crippen molar-refractivity contribution in [2.75, 3.05) is 19.7 Å². The summed E-state index contributed by atoms with van der Waals surface area (Å²) in [6.45, 7) is 3.34. The zero-order chi connectivity index (χ0) is 6.55. The molecule has 3 rings (SSSR count). The highest BCUT2D eigenvalue weighted by Gasteiger charge is 2.45. The van der Waals surface area contributed by atoms with Crippen LogP contribution < -0.4 is 5.32 Å². The molecule has 3 aliphatic heterocycles. The van der Waals surface area contributed by atoms with Gasteiger partial charge in [0, 0.05) is 19.1 Å². The Kier molecular flexibility index (Phi) is 0.952. The number of morpholine rings is 1. The Hall–Kier alpha value is -0.120. The van der Waals surface area contributed by atoms with Gasteiger partial charge in [-0.3, -0.25) is 10.2 Å². The van der Waals surface area contributed by atoms with E-state index in [2.05, 4.69) is 10.2 Å². The molecule has 1 N–H and O–H groups in total. The maximum absolute atomic E-state index is 5.49. The van der Waals surface area contributed by atoms with Gasteiger partial charge in [0.15, 0.2) is 0 Å². The lowest BCUT2D eigenvalue weighted by molar-refractivity contribution is 0.0265. The van der Waals surface area contributed by atoms with Crippen LogP contribution in [0, 0.1) is 0 Å². The van der Waals surface area contributed by atoms with E-state index in [9.17, 15) is 0 Å². The zero-order valence-electron chi connectivity index (χ0n) is 5.92. The Balaban J connectivity index is 1.77. The van der Waals surface area contributed by atoms with Gasteiger partial charge in [-0.05, 0) is 6.42 Å². The van der Waals surface area contributed by atoms with Gasteiger partial charge in [0.25, 0.3) is 0 Å². The molecule has 3 saturated heterocycles. The molecule has 0 radical (unpaired) electrons. The fourth-order valence-corrected chi connectivity index (χ4v) is 2.10. The van der Waals surface area contributed by atoms with Crippen molar-refractivity contribution in [3.05, 3.63) is 0 Å². The first-order valence-corrected chi connectivity index (χ1v) is 4.04. The first kappa shape index (κ1) is 5.52. The largest absolute Gasteiger partial charge is 0.375 e. The van der Waals surface area contributed by atoms with Gasteiger partial charge >= 0.3 is 0 Å². The normalized spacial score (nSPS) is 52.2. The molecule has 3 heteroatoms. The van der Waals surface area contributed by atoms with Gasteiger partial charge in [-0.25, -0.2) is 0 Å². The molecule has 0 aliphatic carbocycles. The predicted molar refractivity (Wildman–Crippen MR) is 36.6 cm³/mol. The lowest BCUT2D eigenvalue weighted by Crippen LogP contribution is -2.40. The van der Waals surface area contributed by atoms with Gasteiger partial charge in [0.2, 0.25) is 0 Å². The van der Waals surface area contributed by atoms with Crippen molar-refractivity contribution in [2.24, 2.45) is 0 Å². The second-order valence-electron chi connectivity index (χ2n) is 3.47. The topological polar surface area (TPSA) is 34.4 Å². The monoisotopic (exact) mass is 140 g/mol.